The molecule has 4 nitrogen and oxygen atoms in total. The Kier molecular flexibility index (Phi) is 3.99. The number of carbonyl (C=O) groups excluding carboxylic acids is 1. The van der Waals surface area contributed by atoms with Gasteiger partial charge in [0.2, 0.25) is 0 Å². The average molecular weight is 246 g/mol. The molecule has 2 rings (SSSR count). The molecule has 0 fully saturated rings. The summed E-state index contributed by atoms with van der Waals surface area (Å²) in [6, 6.07) is 5.95. The molecule has 0 aromatic heterocycles. The van der Waals surface area contributed by atoms with E-state index in [0.29, 0.717) is 13.1 Å². The highest BCUT2D eigenvalue weighted by atomic mass is 16.5. The molecule has 0 aliphatic carbocycles. The molecule has 96 valence electrons. The minimum atomic E-state index is -0.0293. The maximum Gasteiger partial charge on any atom is 0.265 e. The highest BCUT2D eigenvalue weighted by Gasteiger charge is 2.24. The zero-order chi connectivity index (χ0) is 13.0. The lowest BCUT2D eigenvalue weighted by Crippen LogP contribution is -2.38. The molecule has 0 saturated carbocycles. The van der Waals surface area contributed by atoms with Crippen LogP contribution in [0.2, 0.25) is 0 Å². The van der Waals surface area contributed by atoms with Crippen LogP contribution in [0.1, 0.15) is 12.0 Å². The number of rotatable bonds is 5. The molecule has 4 heteroatoms. The number of hydrogen-bond donors (Lipinski definition) is 1. The summed E-state index contributed by atoms with van der Waals surface area (Å²) in [4.78, 5) is 13.5. The van der Waals surface area contributed by atoms with Crippen molar-refractivity contribution in [2.45, 2.75) is 12.8 Å². The number of nitrogens with zero attached hydrogens (tertiary/aromatic N) is 1. The number of amides is 1. The zero-order valence-electron chi connectivity index (χ0n) is 10.4. The Morgan fingerprint density at radius 1 is 1.50 bits per heavy atom. The van der Waals surface area contributed by atoms with Gasteiger partial charge < -0.3 is 15.4 Å². The van der Waals surface area contributed by atoms with Crippen LogP contribution in [0.5, 0.6) is 5.75 Å². The van der Waals surface area contributed by atoms with E-state index in [0.717, 1.165) is 24.3 Å². The lowest BCUT2D eigenvalue weighted by molar-refractivity contribution is -0.121. The van der Waals surface area contributed by atoms with Crippen molar-refractivity contribution in [3.8, 4) is 5.75 Å². The first kappa shape index (κ1) is 12.6. The van der Waals surface area contributed by atoms with Gasteiger partial charge in [0.05, 0.1) is 5.69 Å². The fourth-order valence-electron chi connectivity index (χ4n) is 2.04. The summed E-state index contributed by atoms with van der Waals surface area (Å²) in [6.45, 7) is 4.96. The molecule has 0 spiro atoms. The third kappa shape index (κ3) is 2.54. The van der Waals surface area contributed by atoms with Crippen molar-refractivity contribution >= 4 is 11.6 Å². The summed E-state index contributed by atoms with van der Waals surface area (Å²) in [6.07, 6.45) is 3.58. The lowest BCUT2D eigenvalue weighted by Gasteiger charge is -2.28. The van der Waals surface area contributed by atoms with E-state index in [1.807, 2.05) is 18.2 Å². The number of benzene rings is 1. The third-order valence-corrected chi connectivity index (χ3v) is 2.95. The van der Waals surface area contributed by atoms with Crippen molar-refractivity contribution in [2.75, 3.05) is 24.6 Å². The highest BCUT2D eigenvalue weighted by molar-refractivity contribution is 5.98. The monoisotopic (exact) mass is 246 g/mol. The first-order valence-electron chi connectivity index (χ1n) is 6.13. The average Bonchev–Trinajstić information content (AvgIpc) is 2.39. The zero-order valence-corrected chi connectivity index (χ0v) is 10.4. The topological polar surface area (TPSA) is 55.6 Å². The molecule has 0 bridgehead atoms. The molecule has 0 radical (unpaired) electrons. The molecule has 1 aromatic rings. The predicted molar refractivity (Wildman–Crippen MR) is 71.9 cm³/mol. The smallest absolute Gasteiger partial charge is 0.265 e. The first-order chi connectivity index (χ1) is 8.76. The quantitative estimate of drug-likeness (QED) is 0.801. The number of carbonyl (C=O) groups is 1. The van der Waals surface area contributed by atoms with Gasteiger partial charge in [-0.05, 0) is 37.1 Å². The van der Waals surface area contributed by atoms with Crippen molar-refractivity contribution in [2.24, 2.45) is 5.73 Å². The molecule has 0 unspecified atom stereocenters. The van der Waals surface area contributed by atoms with E-state index in [2.05, 4.69) is 6.58 Å². The van der Waals surface area contributed by atoms with Crippen LogP contribution in [0.3, 0.4) is 0 Å². The molecule has 18 heavy (non-hydrogen) atoms. The molecule has 1 aliphatic heterocycles. The second kappa shape index (κ2) is 5.69. The predicted octanol–water partition coefficient (Wildman–Crippen LogP) is 1.49. The van der Waals surface area contributed by atoms with Crippen LogP contribution in [-0.2, 0) is 11.2 Å². The Balaban J connectivity index is 2.29. The Labute approximate surface area is 107 Å². The molecule has 1 aliphatic rings. The fourth-order valence-corrected chi connectivity index (χ4v) is 2.04. The van der Waals surface area contributed by atoms with Gasteiger partial charge in [-0.1, -0.05) is 12.1 Å². The Morgan fingerprint density at radius 2 is 2.33 bits per heavy atom. The third-order valence-electron chi connectivity index (χ3n) is 2.95. The van der Waals surface area contributed by atoms with Crippen LogP contribution in [0.15, 0.2) is 30.9 Å². The molecule has 1 amide bonds. The molecule has 1 heterocycles. The number of ether oxygens (including phenoxy) is 1. The molecular weight excluding hydrogens is 228 g/mol. The van der Waals surface area contributed by atoms with Gasteiger partial charge in [-0.3, -0.25) is 4.79 Å². The standard InChI is InChI=1S/C14H18N2O2/c1-2-8-16-12-9-11(4-3-7-15)5-6-13(12)18-10-14(16)17/h2,5-6,9H,1,3-4,7-8,10,15H2. The van der Waals surface area contributed by atoms with Crippen LogP contribution in [0.25, 0.3) is 0 Å². The maximum atomic E-state index is 11.8. The van der Waals surface area contributed by atoms with Gasteiger partial charge in [0.1, 0.15) is 5.75 Å². The first-order valence-corrected chi connectivity index (χ1v) is 6.13. The summed E-state index contributed by atoms with van der Waals surface area (Å²) >= 11 is 0. The second-order valence-corrected chi connectivity index (χ2v) is 4.28. The van der Waals surface area contributed by atoms with Gasteiger partial charge >= 0.3 is 0 Å². The van der Waals surface area contributed by atoms with E-state index >= 15 is 0 Å². The minimum Gasteiger partial charge on any atom is -0.482 e. The summed E-state index contributed by atoms with van der Waals surface area (Å²) in [5, 5.41) is 0. The fraction of sp³-hybridized carbons (Fsp3) is 0.357. The molecule has 1 aromatic carbocycles. The van der Waals surface area contributed by atoms with Crippen LogP contribution in [-0.4, -0.2) is 25.6 Å². The van der Waals surface area contributed by atoms with E-state index in [4.69, 9.17) is 10.5 Å². The second-order valence-electron chi connectivity index (χ2n) is 4.28. The van der Waals surface area contributed by atoms with Gasteiger partial charge in [-0.15, -0.1) is 6.58 Å². The van der Waals surface area contributed by atoms with Crippen LogP contribution >= 0.6 is 0 Å². The number of aryl methyl sites for hydroxylation is 1. The van der Waals surface area contributed by atoms with E-state index in [1.54, 1.807) is 11.0 Å². The van der Waals surface area contributed by atoms with Crippen molar-refractivity contribution in [3.63, 3.8) is 0 Å². The van der Waals surface area contributed by atoms with E-state index in [-0.39, 0.29) is 12.5 Å². The number of nitrogens with two attached hydrogens (primary N) is 1. The summed E-state index contributed by atoms with van der Waals surface area (Å²) in [5.41, 5.74) is 7.52. The van der Waals surface area contributed by atoms with Crippen molar-refractivity contribution in [3.05, 3.63) is 36.4 Å². The van der Waals surface area contributed by atoms with Crippen LogP contribution in [0.4, 0.5) is 5.69 Å². The van der Waals surface area contributed by atoms with Crippen molar-refractivity contribution < 1.29 is 9.53 Å². The summed E-state index contributed by atoms with van der Waals surface area (Å²) in [7, 11) is 0. The number of hydrogen-bond acceptors (Lipinski definition) is 3. The van der Waals surface area contributed by atoms with Crippen LogP contribution in [0, 0.1) is 0 Å². The molecule has 2 N–H and O–H groups in total. The van der Waals surface area contributed by atoms with Gasteiger partial charge in [0, 0.05) is 6.54 Å². The van der Waals surface area contributed by atoms with Crippen molar-refractivity contribution in [1.29, 1.82) is 0 Å². The molecule has 0 saturated heterocycles. The Morgan fingerprint density at radius 3 is 3.06 bits per heavy atom. The van der Waals surface area contributed by atoms with Gasteiger partial charge in [0.25, 0.3) is 5.91 Å². The van der Waals surface area contributed by atoms with Gasteiger partial charge in [-0.2, -0.15) is 0 Å². The molecule has 0 atom stereocenters. The minimum absolute atomic E-state index is 0.0293. The summed E-state index contributed by atoms with van der Waals surface area (Å²) < 4.78 is 5.42. The SMILES string of the molecule is C=CCN1C(=O)COc2ccc(CCCN)cc21. The Hall–Kier alpha value is -1.81. The normalized spacial score (nSPS) is 14.1. The van der Waals surface area contributed by atoms with Crippen LogP contribution < -0.4 is 15.4 Å². The van der Waals surface area contributed by atoms with Gasteiger partial charge in [-0.25, -0.2) is 0 Å². The van der Waals surface area contributed by atoms with Crippen molar-refractivity contribution in [1.82, 2.24) is 0 Å². The highest BCUT2D eigenvalue weighted by Crippen LogP contribution is 2.33. The molecular formula is C14H18N2O2. The summed E-state index contributed by atoms with van der Waals surface area (Å²) in [5.74, 6) is 0.728. The largest absolute Gasteiger partial charge is 0.482 e. The van der Waals surface area contributed by atoms with Gasteiger partial charge in [0.15, 0.2) is 6.61 Å². The lowest BCUT2D eigenvalue weighted by atomic mass is 10.1. The number of fused-ring (bicyclic) bond motifs is 1. The number of anilines is 1. The van der Waals surface area contributed by atoms with E-state index in [1.165, 1.54) is 5.56 Å². The van der Waals surface area contributed by atoms with E-state index in [9.17, 15) is 4.79 Å². The van der Waals surface area contributed by atoms with E-state index < -0.39 is 0 Å². The Bertz CT molecular complexity index is 457. The maximum absolute atomic E-state index is 11.8.